The quantitative estimate of drug-likeness (QED) is 0.740. The minimum Gasteiger partial charge on any atom is -0.480 e. The lowest BCUT2D eigenvalue weighted by atomic mass is 9.97. The van der Waals surface area contributed by atoms with E-state index in [0.29, 0.717) is 5.82 Å². The van der Waals surface area contributed by atoms with E-state index in [0.717, 1.165) is 29.5 Å². The smallest absolute Gasteiger partial charge is 0.326 e. The van der Waals surface area contributed by atoms with E-state index in [-0.39, 0.29) is 12.8 Å². The fourth-order valence-electron chi connectivity index (χ4n) is 2.91. The van der Waals surface area contributed by atoms with E-state index in [1.807, 2.05) is 0 Å². The molecule has 1 aliphatic carbocycles. The van der Waals surface area contributed by atoms with Crippen molar-refractivity contribution in [2.24, 2.45) is 5.73 Å². The second kappa shape index (κ2) is 6.49. The average Bonchev–Trinajstić information content (AvgIpc) is 2.90. The number of amides is 1. The molecule has 3 rings (SSSR count). The zero-order valence-electron chi connectivity index (χ0n) is 12.5. The highest BCUT2D eigenvalue weighted by atomic mass is 32.1. The van der Waals surface area contributed by atoms with Gasteiger partial charge in [0.25, 0.3) is 0 Å². The Kier molecular flexibility index (Phi) is 4.42. The lowest BCUT2D eigenvalue weighted by Crippen LogP contribution is -2.31. The number of rotatable bonds is 6. The third kappa shape index (κ3) is 3.26. The first-order valence-corrected chi connectivity index (χ1v) is 8.41. The summed E-state index contributed by atoms with van der Waals surface area (Å²) in [5.41, 5.74) is 6.35. The number of nitrogens with two attached hydrogens (primary N) is 1. The van der Waals surface area contributed by atoms with Gasteiger partial charge in [-0.3, -0.25) is 4.79 Å². The third-order valence-corrected chi connectivity index (χ3v) is 5.24. The van der Waals surface area contributed by atoms with Crippen LogP contribution in [0.1, 0.15) is 36.1 Å². The maximum atomic E-state index is 11.4. The number of thiophene rings is 1. The highest BCUT2D eigenvalue weighted by Gasteiger charge is 2.23. The van der Waals surface area contributed by atoms with Crippen LogP contribution in [0.5, 0.6) is 0 Å². The van der Waals surface area contributed by atoms with Crippen molar-refractivity contribution in [3.05, 3.63) is 16.8 Å². The highest BCUT2D eigenvalue weighted by Crippen LogP contribution is 2.38. The molecule has 0 aromatic carbocycles. The average molecular weight is 334 g/mol. The predicted octanol–water partition coefficient (Wildman–Crippen LogP) is 1.70. The first-order chi connectivity index (χ1) is 11.1. The molecule has 0 bridgehead atoms. The zero-order chi connectivity index (χ0) is 16.4. The van der Waals surface area contributed by atoms with Gasteiger partial charge in [-0.05, 0) is 37.7 Å². The van der Waals surface area contributed by atoms with Crippen molar-refractivity contribution in [2.45, 2.75) is 44.6 Å². The number of fused-ring (bicyclic) bond motifs is 3. The zero-order valence-corrected chi connectivity index (χ0v) is 13.4. The summed E-state index contributed by atoms with van der Waals surface area (Å²) in [6, 6.07) is -0.903. The van der Waals surface area contributed by atoms with Crippen LogP contribution in [0, 0.1) is 0 Å². The molecule has 1 aliphatic rings. The van der Waals surface area contributed by atoms with Crippen molar-refractivity contribution in [1.29, 1.82) is 0 Å². The molecule has 2 heterocycles. The van der Waals surface area contributed by atoms with Gasteiger partial charge in [0.05, 0.1) is 5.39 Å². The summed E-state index contributed by atoms with van der Waals surface area (Å²) < 4.78 is 0. The number of hydrogen-bond acceptors (Lipinski definition) is 6. The molecule has 7 nitrogen and oxygen atoms in total. The predicted molar refractivity (Wildman–Crippen MR) is 87.5 cm³/mol. The Morgan fingerprint density at radius 2 is 2.13 bits per heavy atom. The fraction of sp³-hybridized carbons (Fsp3) is 0.467. The van der Waals surface area contributed by atoms with E-state index >= 15 is 0 Å². The highest BCUT2D eigenvalue weighted by molar-refractivity contribution is 7.19. The van der Waals surface area contributed by atoms with Crippen LogP contribution in [-0.2, 0) is 22.4 Å². The minimum absolute atomic E-state index is 0.0138. The molecule has 1 unspecified atom stereocenters. The standard InChI is InChI=1S/C15H18N4O3S/c16-11(20)6-5-9(15(21)22)19-13-12-8-3-1-2-4-10(8)23-14(12)18-7-17-13/h7,9H,1-6H2,(H2,16,20)(H,21,22)(H,17,18,19). The van der Waals surface area contributed by atoms with E-state index in [1.54, 1.807) is 11.3 Å². The van der Waals surface area contributed by atoms with Crippen LogP contribution >= 0.6 is 11.3 Å². The molecule has 0 fully saturated rings. The number of carbonyl (C=O) groups excluding carboxylic acids is 1. The van der Waals surface area contributed by atoms with Gasteiger partial charge in [0, 0.05) is 11.3 Å². The molecule has 23 heavy (non-hydrogen) atoms. The van der Waals surface area contributed by atoms with E-state index in [2.05, 4.69) is 15.3 Å². The Morgan fingerprint density at radius 3 is 2.87 bits per heavy atom. The van der Waals surface area contributed by atoms with E-state index < -0.39 is 17.9 Å². The molecule has 1 amide bonds. The van der Waals surface area contributed by atoms with Crippen LogP contribution < -0.4 is 11.1 Å². The van der Waals surface area contributed by atoms with Gasteiger partial charge in [-0.2, -0.15) is 0 Å². The maximum Gasteiger partial charge on any atom is 0.326 e. The lowest BCUT2D eigenvalue weighted by Gasteiger charge is -2.16. The fourth-order valence-corrected chi connectivity index (χ4v) is 4.14. The first-order valence-electron chi connectivity index (χ1n) is 7.59. The number of nitrogens with zero attached hydrogens (tertiary/aromatic N) is 2. The van der Waals surface area contributed by atoms with Crippen LogP contribution in [0.15, 0.2) is 6.33 Å². The SMILES string of the molecule is NC(=O)CCC(Nc1ncnc2sc3c(c12)CCCC3)C(=O)O. The van der Waals surface area contributed by atoms with Crippen molar-refractivity contribution in [2.75, 3.05) is 5.32 Å². The Balaban J connectivity index is 1.93. The molecule has 0 radical (unpaired) electrons. The molecule has 0 saturated carbocycles. The number of primary amides is 1. The van der Waals surface area contributed by atoms with Gasteiger partial charge in [0.1, 0.15) is 23.0 Å². The van der Waals surface area contributed by atoms with Gasteiger partial charge >= 0.3 is 5.97 Å². The first kappa shape index (κ1) is 15.7. The van der Waals surface area contributed by atoms with Crippen LogP contribution in [0.4, 0.5) is 5.82 Å². The van der Waals surface area contributed by atoms with Gasteiger partial charge in [-0.15, -0.1) is 11.3 Å². The summed E-state index contributed by atoms with van der Waals surface area (Å²) in [7, 11) is 0. The molecule has 0 saturated heterocycles. The van der Waals surface area contributed by atoms with Gasteiger partial charge in [0.2, 0.25) is 5.91 Å². The number of carboxylic acids is 1. The summed E-state index contributed by atoms with van der Waals surface area (Å²) in [4.78, 5) is 33.1. The van der Waals surface area contributed by atoms with Crippen molar-refractivity contribution in [1.82, 2.24) is 9.97 Å². The van der Waals surface area contributed by atoms with Crippen LogP contribution in [-0.4, -0.2) is 33.0 Å². The van der Waals surface area contributed by atoms with Crippen molar-refractivity contribution in [3.63, 3.8) is 0 Å². The van der Waals surface area contributed by atoms with Crippen molar-refractivity contribution >= 4 is 39.2 Å². The van der Waals surface area contributed by atoms with E-state index in [1.165, 1.54) is 23.2 Å². The topological polar surface area (TPSA) is 118 Å². The van der Waals surface area contributed by atoms with E-state index in [9.17, 15) is 14.7 Å². The third-order valence-electron chi connectivity index (χ3n) is 4.04. The molecular weight excluding hydrogens is 316 g/mol. The Bertz CT molecular complexity index is 759. The number of anilines is 1. The van der Waals surface area contributed by atoms with Crippen molar-refractivity contribution in [3.8, 4) is 0 Å². The van der Waals surface area contributed by atoms with Gasteiger partial charge in [-0.25, -0.2) is 14.8 Å². The van der Waals surface area contributed by atoms with Gasteiger partial charge < -0.3 is 16.2 Å². The van der Waals surface area contributed by atoms with Crippen molar-refractivity contribution < 1.29 is 14.7 Å². The number of aromatic nitrogens is 2. The second-order valence-corrected chi connectivity index (χ2v) is 6.74. The molecule has 2 aromatic rings. The Hall–Kier alpha value is -2.22. The molecular formula is C15H18N4O3S. The maximum absolute atomic E-state index is 11.4. The Labute approximate surface area is 136 Å². The molecule has 0 aliphatic heterocycles. The van der Waals surface area contributed by atoms with Crippen LogP contribution in [0.2, 0.25) is 0 Å². The van der Waals surface area contributed by atoms with Gasteiger partial charge in [0.15, 0.2) is 0 Å². The molecule has 0 spiro atoms. The number of hydrogen-bond donors (Lipinski definition) is 3. The summed E-state index contributed by atoms with van der Waals surface area (Å²) >= 11 is 1.65. The number of carboxylic acid groups (broad SMARTS) is 1. The molecule has 122 valence electrons. The summed E-state index contributed by atoms with van der Waals surface area (Å²) in [5.74, 6) is -1.01. The monoisotopic (exact) mass is 334 g/mol. The number of nitrogens with one attached hydrogen (secondary N) is 1. The van der Waals surface area contributed by atoms with Crippen LogP contribution in [0.3, 0.4) is 0 Å². The molecule has 1 atom stereocenters. The van der Waals surface area contributed by atoms with Gasteiger partial charge in [-0.1, -0.05) is 0 Å². The largest absolute Gasteiger partial charge is 0.480 e. The lowest BCUT2D eigenvalue weighted by molar-refractivity contribution is -0.138. The van der Waals surface area contributed by atoms with Crippen LogP contribution in [0.25, 0.3) is 10.2 Å². The summed E-state index contributed by atoms with van der Waals surface area (Å²) in [5, 5.41) is 13.2. The molecule has 4 N–H and O–H groups in total. The number of aliphatic carboxylic acids is 1. The number of aryl methyl sites for hydroxylation is 2. The van der Waals surface area contributed by atoms with E-state index in [4.69, 9.17) is 5.73 Å². The number of carbonyl (C=O) groups is 2. The normalized spacial score (nSPS) is 15.1. The summed E-state index contributed by atoms with van der Waals surface area (Å²) in [6.45, 7) is 0. The Morgan fingerprint density at radius 1 is 1.35 bits per heavy atom. The second-order valence-electron chi connectivity index (χ2n) is 5.65. The minimum atomic E-state index is -1.03. The molecule has 2 aromatic heterocycles. The molecule has 8 heteroatoms. The summed E-state index contributed by atoms with van der Waals surface area (Å²) in [6.07, 6.45) is 5.89.